The number of hydrogen-bond acceptors (Lipinski definition) is 3. The van der Waals surface area contributed by atoms with E-state index in [1.165, 1.54) is 0 Å². The van der Waals surface area contributed by atoms with Crippen LogP contribution in [0.2, 0.25) is 0 Å². The van der Waals surface area contributed by atoms with Gasteiger partial charge in [-0.05, 0) is 12.1 Å². The van der Waals surface area contributed by atoms with Crippen LogP contribution in [0.25, 0.3) is 11.2 Å². The lowest BCUT2D eigenvalue weighted by atomic mass is 10.3. The Morgan fingerprint density at radius 3 is 2.10 bits per heavy atom. The van der Waals surface area contributed by atoms with Crippen molar-refractivity contribution < 1.29 is 13.0 Å². The van der Waals surface area contributed by atoms with E-state index in [0.29, 0.717) is 11.2 Å². The van der Waals surface area contributed by atoms with Crippen molar-refractivity contribution in [1.29, 1.82) is 0 Å². The van der Waals surface area contributed by atoms with E-state index in [1.807, 2.05) is 0 Å². The van der Waals surface area contributed by atoms with Crippen LogP contribution in [0.15, 0.2) is 32.7 Å². The van der Waals surface area contributed by atoms with Crippen molar-refractivity contribution in [3.63, 3.8) is 0 Å². The van der Waals surface area contributed by atoms with E-state index in [0.717, 1.165) is 0 Å². The van der Waals surface area contributed by atoms with Crippen molar-refractivity contribution >= 4 is 19.1 Å². The van der Waals surface area contributed by atoms with Gasteiger partial charge in [-0.2, -0.15) is 0 Å². The van der Waals surface area contributed by atoms with Gasteiger partial charge in [0.05, 0.1) is 0 Å². The van der Waals surface area contributed by atoms with Gasteiger partial charge < -0.3 is 0 Å². The lowest BCUT2D eigenvalue weighted by Crippen LogP contribution is -1.57. The second-order valence-corrected chi connectivity index (χ2v) is 2.67. The van der Waals surface area contributed by atoms with Crippen LogP contribution in [-0.2, 0) is 4.57 Å². The van der Waals surface area contributed by atoms with Crippen molar-refractivity contribution in [2.75, 3.05) is 0 Å². The minimum Gasteiger partial charge on any atom is -0.218 e. The normalized spacial score (nSPS) is 10.4. The molecule has 10 heavy (non-hydrogen) atoms. The zero-order valence-electron chi connectivity index (χ0n) is 4.98. The highest BCUT2D eigenvalue weighted by atomic mass is 31.1. The molecular formula is C6H4O3P+. The molecule has 0 N–H and O–H groups in total. The molecule has 3 nitrogen and oxygen atoms in total. The van der Waals surface area contributed by atoms with Gasteiger partial charge in [-0.3, -0.25) is 0 Å². The van der Waals surface area contributed by atoms with Gasteiger partial charge in [-0.1, -0.05) is 12.1 Å². The van der Waals surface area contributed by atoms with Crippen molar-refractivity contribution in [2.24, 2.45) is 0 Å². The molecule has 0 aliphatic carbocycles. The van der Waals surface area contributed by atoms with Crippen LogP contribution in [0.5, 0.6) is 0 Å². The lowest BCUT2D eigenvalue weighted by molar-refractivity contribution is 0.526. The highest BCUT2D eigenvalue weighted by molar-refractivity contribution is 7.23. The van der Waals surface area contributed by atoms with Gasteiger partial charge in [-0.25, -0.2) is 8.39 Å². The summed E-state index contributed by atoms with van der Waals surface area (Å²) >= 11 is 0. The molecule has 0 saturated heterocycles. The van der Waals surface area contributed by atoms with Gasteiger partial charge in [-0.15, -0.1) is 0 Å². The third-order valence-electron chi connectivity index (χ3n) is 1.19. The average Bonchev–Trinajstić information content (AvgIpc) is 2.27. The Hall–Kier alpha value is -1.08. The molecule has 0 spiro atoms. The molecule has 0 atom stereocenters. The SMILES string of the molecule is O=[p+]1oc2ccccc2o1. The van der Waals surface area contributed by atoms with E-state index in [-0.39, 0.29) is 0 Å². The topological polar surface area (TPSA) is 43.4 Å². The number of hydrogen-bond donors (Lipinski definition) is 0. The van der Waals surface area contributed by atoms with Gasteiger partial charge in [0.25, 0.3) is 0 Å². The summed E-state index contributed by atoms with van der Waals surface area (Å²) in [6.45, 7) is 0. The highest BCUT2D eigenvalue weighted by Gasteiger charge is 2.11. The molecule has 0 fully saturated rings. The largest absolute Gasteiger partial charge is 0.805 e. The predicted octanol–water partition coefficient (Wildman–Crippen LogP) is 2.77. The van der Waals surface area contributed by atoms with Gasteiger partial charge in [0.1, 0.15) is 0 Å². The van der Waals surface area contributed by atoms with Crippen LogP contribution in [0.1, 0.15) is 0 Å². The summed E-state index contributed by atoms with van der Waals surface area (Å²) in [6, 6.07) is 7.04. The molecule has 0 amide bonds. The van der Waals surface area contributed by atoms with E-state index in [9.17, 15) is 4.57 Å². The standard InChI is InChI=1S/C6H4O3P/c7-10-8-5-3-1-2-4-6(5)9-10/h1-4H/q+1. The van der Waals surface area contributed by atoms with Gasteiger partial charge in [0, 0.05) is 4.57 Å². The van der Waals surface area contributed by atoms with Crippen molar-refractivity contribution in [1.82, 2.24) is 0 Å². The summed E-state index contributed by atoms with van der Waals surface area (Å²) in [6.07, 6.45) is 0. The van der Waals surface area contributed by atoms with Crippen molar-refractivity contribution in [3.05, 3.63) is 24.3 Å². The fourth-order valence-corrected chi connectivity index (χ4v) is 1.44. The van der Waals surface area contributed by atoms with Crippen LogP contribution in [0.4, 0.5) is 0 Å². The number of fused-ring (bicyclic) bond motifs is 1. The summed E-state index contributed by atoms with van der Waals surface area (Å²) < 4.78 is 20.2. The Morgan fingerprint density at radius 2 is 1.60 bits per heavy atom. The molecule has 0 aliphatic heterocycles. The Balaban J connectivity index is 3.01. The number of benzene rings is 1. The van der Waals surface area contributed by atoms with Crippen molar-refractivity contribution in [3.8, 4) is 0 Å². The van der Waals surface area contributed by atoms with Crippen LogP contribution < -0.4 is 0 Å². The average molecular weight is 155 g/mol. The van der Waals surface area contributed by atoms with Gasteiger partial charge in [0.2, 0.25) is 11.2 Å². The summed E-state index contributed by atoms with van der Waals surface area (Å²) in [4.78, 5) is 0. The second-order valence-electron chi connectivity index (χ2n) is 1.85. The lowest BCUT2D eigenvalue weighted by Gasteiger charge is -1.73. The molecule has 0 aliphatic rings. The molecule has 4 heteroatoms. The molecular weight excluding hydrogens is 151 g/mol. The molecule has 0 radical (unpaired) electrons. The number of para-hydroxylation sites is 2. The molecule has 2 aromatic rings. The Labute approximate surface area is 57.2 Å². The maximum absolute atomic E-state index is 10.6. The number of rotatable bonds is 0. The first-order valence-corrected chi connectivity index (χ1v) is 3.88. The molecule has 0 bridgehead atoms. The highest BCUT2D eigenvalue weighted by Crippen LogP contribution is 2.25. The Bertz CT molecular complexity index is 364. The fraction of sp³-hybridized carbons (Fsp3) is 0. The quantitative estimate of drug-likeness (QED) is 0.587. The summed E-state index contributed by atoms with van der Waals surface area (Å²) in [5.74, 6) is 0. The van der Waals surface area contributed by atoms with Gasteiger partial charge in [0.15, 0.2) is 0 Å². The molecule has 0 saturated carbocycles. The molecule has 0 unspecified atom stereocenters. The molecule has 1 aromatic carbocycles. The molecule has 1 aromatic heterocycles. The first-order chi connectivity index (χ1) is 4.86. The Kier molecular flexibility index (Phi) is 1.11. The van der Waals surface area contributed by atoms with E-state index in [1.54, 1.807) is 24.3 Å². The smallest absolute Gasteiger partial charge is 0.218 e. The minimum absolute atomic E-state index is 0.559. The maximum atomic E-state index is 10.6. The summed E-state index contributed by atoms with van der Waals surface area (Å²) in [5, 5.41) is 0. The first-order valence-electron chi connectivity index (χ1n) is 2.78. The first kappa shape index (κ1) is 5.69. The van der Waals surface area contributed by atoms with E-state index < -0.39 is 7.89 Å². The van der Waals surface area contributed by atoms with Crippen LogP contribution in [-0.4, -0.2) is 0 Å². The molecule has 50 valence electrons. The van der Waals surface area contributed by atoms with Crippen LogP contribution in [0.3, 0.4) is 0 Å². The fourth-order valence-electron chi connectivity index (χ4n) is 0.780. The Morgan fingerprint density at radius 1 is 1.10 bits per heavy atom. The van der Waals surface area contributed by atoms with Crippen molar-refractivity contribution in [2.45, 2.75) is 0 Å². The van der Waals surface area contributed by atoms with E-state index in [4.69, 9.17) is 8.39 Å². The zero-order chi connectivity index (χ0) is 6.97. The summed E-state index contributed by atoms with van der Waals surface area (Å²) in [5.41, 5.74) is 1.12. The van der Waals surface area contributed by atoms with Crippen LogP contribution >= 0.6 is 7.89 Å². The van der Waals surface area contributed by atoms with Gasteiger partial charge >= 0.3 is 7.89 Å². The van der Waals surface area contributed by atoms with E-state index >= 15 is 0 Å². The minimum atomic E-state index is -1.94. The molecule has 1 heterocycles. The predicted molar refractivity (Wildman–Crippen MR) is 36.1 cm³/mol. The van der Waals surface area contributed by atoms with E-state index in [2.05, 4.69) is 0 Å². The molecule has 2 rings (SSSR count). The summed E-state index contributed by atoms with van der Waals surface area (Å²) in [7, 11) is -1.94. The zero-order valence-corrected chi connectivity index (χ0v) is 5.88. The second kappa shape index (κ2) is 1.96. The third kappa shape index (κ3) is 0.755. The third-order valence-corrected chi connectivity index (χ3v) is 1.89. The van der Waals surface area contributed by atoms with Crippen LogP contribution in [0, 0.1) is 0 Å². The monoisotopic (exact) mass is 155 g/mol. The maximum Gasteiger partial charge on any atom is 0.805 e.